The van der Waals surface area contributed by atoms with E-state index in [9.17, 15) is 0 Å². The van der Waals surface area contributed by atoms with E-state index in [4.69, 9.17) is 0 Å². The number of rotatable bonds is 1. The van der Waals surface area contributed by atoms with E-state index in [2.05, 4.69) is 60.4 Å². The van der Waals surface area contributed by atoms with Gasteiger partial charge in [-0.15, -0.1) is 5.73 Å². The molecule has 0 heteroatoms. The highest BCUT2D eigenvalue weighted by molar-refractivity contribution is 5.95. The molecule has 0 aromatic heterocycles. The fraction of sp³-hybridized carbons (Fsp3) is 0.118. The van der Waals surface area contributed by atoms with E-state index in [0.717, 1.165) is 0 Å². The Kier molecular flexibility index (Phi) is 2.44. The van der Waals surface area contributed by atoms with Crippen LogP contribution in [0.3, 0.4) is 0 Å². The van der Waals surface area contributed by atoms with Crippen LogP contribution in [0.5, 0.6) is 0 Å². The minimum atomic E-state index is 0.227. The molecule has 17 heavy (non-hydrogen) atoms. The van der Waals surface area contributed by atoms with Crippen LogP contribution in [0.15, 0.2) is 54.3 Å². The Morgan fingerprint density at radius 2 is 1.94 bits per heavy atom. The normalized spacial score (nSPS) is 16.6. The lowest BCUT2D eigenvalue weighted by Crippen LogP contribution is -1.98. The first-order valence-corrected chi connectivity index (χ1v) is 5.89. The van der Waals surface area contributed by atoms with Crippen LogP contribution >= 0.6 is 0 Å². The zero-order chi connectivity index (χ0) is 11.7. The van der Waals surface area contributed by atoms with Crippen LogP contribution in [0.4, 0.5) is 0 Å². The smallest absolute Gasteiger partial charge is 0.0361 e. The van der Waals surface area contributed by atoms with E-state index in [0.29, 0.717) is 0 Å². The minimum absolute atomic E-state index is 0.227. The molecule has 0 saturated carbocycles. The molecule has 81 valence electrons. The quantitative estimate of drug-likeness (QED) is 0.617. The average Bonchev–Trinajstić information content (AvgIpc) is 2.39. The van der Waals surface area contributed by atoms with E-state index >= 15 is 0 Å². The topological polar surface area (TPSA) is 0 Å². The Labute approximate surface area is 102 Å². The summed E-state index contributed by atoms with van der Waals surface area (Å²) in [6.07, 6.45) is 9.55. The van der Waals surface area contributed by atoms with Crippen molar-refractivity contribution in [3.8, 4) is 0 Å². The highest BCUT2D eigenvalue weighted by Gasteiger charge is 2.14. The summed E-state index contributed by atoms with van der Waals surface area (Å²) in [5.74, 6) is 0.227. The molecule has 2 aromatic carbocycles. The van der Waals surface area contributed by atoms with Gasteiger partial charge in [0, 0.05) is 12.0 Å². The van der Waals surface area contributed by atoms with Gasteiger partial charge in [0.15, 0.2) is 0 Å². The van der Waals surface area contributed by atoms with Crippen molar-refractivity contribution in [3.05, 3.63) is 71.5 Å². The number of allylic oxidation sites excluding steroid dienone is 2. The first-order chi connectivity index (χ1) is 8.40. The molecule has 0 aliphatic heterocycles. The van der Waals surface area contributed by atoms with Crippen molar-refractivity contribution in [1.82, 2.24) is 0 Å². The fourth-order valence-electron chi connectivity index (χ4n) is 2.40. The van der Waals surface area contributed by atoms with Crippen molar-refractivity contribution in [2.45, 2.75) is 12.8 Å². The van der Waals surface area contributed by atoms with Crippen molar-refractivity contribution in [2.24, 2.45) is 0 Å². The van der Waals surface area contributed by atoms with E-state index in [1.54, 1.807) is 0 Å². The van der Waals surface area contributed by atoms with Crippen LogP contribution in [-0.2, 0) is 0 Å². The zero-order valence-electron chi connectivity index (χ0n) is 9.77. The van der Waals surface area contributed by atoms with Crippen molar-refractivity contribution < 1.29 is 0 Å². The van der Waals surface area contributed by atoms with Crippen LogP contribution in [0.2, 0.25) is 0 Å². The van der Waals surface area contributed by atoms with E-state index in [-0.39, 0.29) is 5.92 Å². The largest absolute Gasteiger partial charge is 0.120 e. The van der Waals surface area contributed by atoms with Crippen LogP contribution in [-0.4, -0.2) is 0 Å². The van der Waals surface area contributed by atoms with Gasteiger partial charge in [-0.1, -0.05) is 48.6 Å². The second-order valence-corrected chi connectivity index (χ2v) is 4.21. The molecule has 1 atom stereocenters. The molecule has 0 spiro atoms. The van der Waals surface area contributed by atoms with E-state index < -0.39 is 0 Å². The van der Waals surface area contributed by atoms with Gasteiger partial charge in [0.25, 0.3) is 0 Å². The number of hydrogen-bond acceptors (Lipinski definition) is 0. The summed E-state index contributed by atoms with van der Waals surface area (Å²) in [5, 5.41) is 2.66. The Bertz CT molecular complexity index is 648. The first-order valence-electron chi connectivity index (χ1n) is 5.89. The lowest BCUT2D eigenvalue weighted by atomic mass is 9.86. The summed E-state index contributed by atoms with van der Waals surface area (Å²) in [5.41, 5.74) is 5.70. The Hall–Kier alpha value is -2.04. The maximum Gasteiger partial charge on any atom is 0.0361 e. The predicted molar refractivity (Wildman–Crippen MR) is 72.7 cm³/mol. The van der Waals surface area contributed by atoms with Crippen LogP contribution in [0.25, 0.3) is 16.8 Å². The third-order valence-electron chi connectivity index (χ3n) is 3.16. The molecule has 0 N–H and O–H groups in total. The fourth-order valence-corrected chi connectivity index (χ4v) is 2.40. The molecule has 3 rings (SSSR count). The van der Waals surface area contributed by atoms with Gasteiger partial charge >= 0.3 is 0 Å². The highest BCUT2D eigenvalue weighted by Crippen LogP contribution is 2.34. The molecule has 0 bridgehead atoms. The van der Waals surface area contributed by atoms with E-state index in [1.807, 2.05) is 13.0 Å². The predicted octanol–water partition coefficient (Wildman–Crippen LogP) is 4.48. The Morgan fingerprint density at radius 3 is 2.76 bits per heavy atom. The van der Waals surface area contributed by atoms with Crippen molar-refractivity contribution in [3.63, 3.8) is 0 Å². The summed E-state index contributed by atoms with van der Waals surface area (Å²) in [6, 6.07) is 12.9. The van der Waals surface area contributed by atoms with Gasteiger partial charge in [0.05, 0.1) is 0 Å². The van der Waals surface area contributed by atoms with Crippen LogP contribution < -0.4 is 0 Å². The molecule has 2 aromatic rings. The standard InChI is InChI=1S/C17H13/c1-2-3-6-13-11-12-15-8-4-7-14-9-5-10-16(13)17(14)15/h2,4-5,7-13H,1H3. The summed E-state index contributed by atoms with van der Waals surface area (Å²) in [6.45, 7) is 1.97. The first kappa shape index (κ1) is 10.1. The Balaban J connectivity index is 2.30. The molecule has 0 heterocycles. The molecule has 1 unspecified atom stereocenters. The summed E-state index contributed by atoms with van der Waals surface area (Å²) >= 11 is 0. The second-order valence-electron chi connectivity index (χ2n) is 4.21. The second kappa shape index (κ2) is 4.08. The lowest BCUT2D eigenvalue weighted by Gasteiger charge is -2.17. The van der Waals surface area contributed by atoms with Crippen molar-refractivity contribution >= 4 is 16.8 Å². The Morgan fingerprint density at radius 1 is 1.12 bits per heavy atom. The van der Waals surface area contributed by atoms with Crippen molar-refractivity contribution in [2.75, 3.05) is 0 Å². The third kappa shape index (κ3) is 1.63. The molecule has 0 amide bonds. The highest BCUT2D eigenvalue weighted by atomic mass is 14.2. The van der Waals surface area contributed by atoms with Crippen LogP contribution in [0.1, 0.15) is 24.0 Å². The lowest BCUT2D eigenvalue weighted by molar-refractivity contribution is 1.07. The van der Waals surface area contributed by atoms with E-state index in [1.165, 1.54) is 21.9 Å². The van der Waals surface area contributed by atoms with Gasteiger partial charge < -0.3 is 0 Å². The molecular weight excluding hydrogens is 204 g/mol. The molecule has 0 nitrogen and oxygen atoms in total. The molecule has 1 aliphatic carbocycles. The van der Waals surface area contributed by atoms with Crippen molar-refractivity contribution in [1.29, 1.82) is 0 Å². The maximum absolute atomic E-state index is 3.28. The summed E-state index contributed by atoms with van der Waals surface area (Å²) in [4.78, 5) is 0. The monoisotopic (exact) mass is 217 g/mol. The average molecular weight is 217 g/mol. The molecular formula is C17H13. The van der Waals surface area contributed by atoms with Gasteiger partial charge in [0.1, 0.15) is 0 Å². The minimum Gasteiger partial charge on any atom is -0.120 e. The van der Waals surface area contributed by atoms with Gasteiger partial charge in [-0.25, -0.2) is 0 Å². The van der Waals surface area contributed by atoms with Crippen LogP contribution in [0, 0.1) is 6.08 Å². The maximum atomic E-state index is 3.28. The molecule has 1 aliphatic rings. The summed E-state index contributed by atoms with van der Waals surface area (Å²) < 4.78 is 0. The number of benzene rings is 2. The number of hydrogen-bond donors (Lipinski definition) is 0. The van der Waals surface area contributed by atoms with Gasteiger partial charge in [-0.05, 0) is 34.9 Å². The molecule has 0 fully saturated rings. The zero-order valence-corrected chi connectivity index (χ0v) is 9.77. The molecule has 1 radical (unpaired) electrons. The summed E-state index contributed by atoms with van der Waals surface area (Å²) in [7, 11) is 0. The third-order valence-corrected chi connectivity index (χ3v) is 3.16. The SMILES string of the molecule is CC=C=[C]C1C=Cc2cccc3cccc1c23. The van der Waals surface area contributed by atoms with Gasteiger partial charge in [-0.2, -0.15) is 0 Å². The van der Waals surface area contributed by atoms with Gasteiger partial charge in [0.2, 0.25) is 0 Å². The molecule has 0 saturated heterocycles. The van der Waals surface area contributed by atoms with Gasteiger partial charge in [-0.3, -0.25) is 0 Å².